The maximum absolute atomic E-state index is 8.77. The van der Waals surface area contributed by atoms with E-state index in [1.54, 1.807) is 12.1 Å². The number of halogens is 3. The number of ether oxygens (including phenoxy) is 6. The summed E-state index contributed by atoms with van der Waals surface area (Å²) in [6.07, 6.45) is 2.56. The zero-order valence-corrected chi connectivity index (χ0v) is 25.1. The summed E-state index contributed by atoms with van der Waals surface area (Å²) in [6.45, 7) is 3.75. The Bertz CT molecular complexity index is 825. The van der Waals surface area contributed by atoms with Crippen molar-refractivity contribution in [2.24, 2.45) is 0 Å². The topological polar surface area (TPSA) is 75.6 Å². The second-order valence-corrected chi connectivity index (χ2v) is 8.52. The molecule has 0 radical (unpaired) electrons. The van der Waals surface area contributed by atoms with Gasteiger partial charge in [0.05, 0.1) is 19.8 Å². The molecular formula is C24H32BrCl2NaO7. The van der Waals surface area contributed by atoms with Crippen LogP contribution in [0.2, 0.25) is 0 Å². The van der Waals surface area contributed by atoms with Crippen molar-refractivity contribution in [3.8, 4) is 23.0 Å². The number of hydrogen-bond donors (Lipinski definition) is 1. The molecule has 3 aliphatic rings. The smallest absolute Gasteiger partial charge is 1.00 e. The Morgan fingerprint density at radius 1 is 0.829 bits per heavy atom. The Morgan fingerprint density at radius 2 is 1.34 bits per heavy atom. The number of hydrogen-bond acceptors (Lipinski definition) is 7. The van der Waals surface area contributed by atoms with Gasteiger partial charge in [-0.15, -0.1) is 23.2 Å². The molecule has 192 valence electrons. The molecule has 1 N–H and O–H groups in total. The van der Waals surface area contributed by atoms with E-state index in [4.69, 9.17) is 56.7 Å². The number of aliphatic hydroxyl groups is 1. The average Bonchev–Trinajstić information content (AvgIpc) is 3.67. The molecule has 0 saturated carbocycles. The maximum atomic E-state index is 8.77. The van der Waals surface area contributed by atoms with Crippen LogP contribution < -0.4 is 48.5 Å². The first-order valence-corrected chi connectivity index (χ1v) is 13.1. The quantitative estimate of drug-likeness (QED) is 0.308. The molecule has 35 heavy (non-hydrogen) atoms. The van der Waals surface area contributed by atoms with Gasteiger partial charge in [-0.3, -0.25) is 0 Å². The van der Waals surface area contributed by atoms with Gasteiger partial charge in [-0.05, 0) is 48.2 Å². The van der Waals surface area contributed by atoms with Crippen LogP contribution in [-0.4, -0.2) is 55.6 Å². The van der Waals surface area contributed by atoms with Crippen LogP contribution >= 0.6 is 39.1 Å². The van der Waals surface area contributed by atoms with Crippen molar-refractivity contribution in [2.75, 3.05) is 50.5 Å². The van der Waals surface area contributed by atoms with Crippen LogP contribution in [0, 0.1) is 0 Å². The Kier molecular flexibility index (Phi) is 19.2. The van der Waals surface area contributed by atoms with E-state index in [0.717, 1.165) is 52.7 Å². The van der Waals surface area contributed by atoms with Crippen LogP contribution in [0.3, 0.4) is 0 Å². The average molecular weight is 606 g/mol. The first kappa shape index (κ1) is 32.6. The van der Waals surface area contributed by atoms with E-state index in [2.05, 4.69) is 15.9 Å². The van der Waals surface area contributed by atoms with Crippen LogP contribution in [0.5, 0.6) is 23.0 Å². The molecule has 5 rings (SSSR count). The zero-order chi connectivity index (χ0) is 24.4. The van der Waals surface area contributed by atoms with Crippen LogP contribution in [0.15, 0.2) is 36.4 Å². The molecule has 1 saturated heterocycles. The van der Waals surface area contributed by atoms with Gasteiger partial charge in [0.15, 0.2) is 23.0 Å². The summed E-state index contributed by atoms with van der Waals surface area (Å²) in [5, 5.41) is 9.67. The number of rotatable bonds is 6. The number of alkyl halides is 3. The molecule has 7 nitrogen and oxygen atoms in total. The third-order valence-electron chi connectivity index (χ3n) is 4.45. The van der Waals surface area contributed by atoms with Crippen molar-refractivity contribution in [1.82, 2.24) is 0 Å². The molecule has 3 aliphatic heterocycles. The molecule has 0 aliphatic carbocycles. The van der Waals surface area contributed by atoms with Gasteiger partial charge in [0.25, 0.3) is 0 Å². The molecular weight excluding hydrogens is 574 g/mol. The van der Waals surface area contributed by atoms with E-state index in [-0.39, 0.29) is 44.4 Å². The Labute approximate surface area is 249 Å². The molecule has 3 heterocycles. The zero-order valence-electron chi connectivity index (χ0n) is 21.0. The number of fused-ring (bicyclic) bond motifs is 2. The molecule has 1 fully saturated rings. The van der Waals surface area contributed by atoms with Crippen LogP contribution in [-0.2, 0) is 22.7 Å². The fourth-order valence-corrected chi connectivity index (χ4v) is 2.93. The van der Waals surface area contributed by atoms with Gasteiger partial charge in [0.2, 0.25) is 13.6 Å². The second kappa shape index (κ2) is 20.6. The third-order valence-corrected chi connectivity index (χ3v) is 5.64. The van der Waals surface area contributed by atoms with Crippen molar-refractivity contribution in [1.29, 1.82) is 0 Å². The molecule has 0 amide bonds. The first-order valence-electron chi connectivity index (χ1n) is 10.9. The van der Waals surface area contributed by atoms with Crippen molar-refractivity contribution in [3.63, 3.8) is 0 Å². The third kappa shape index (κ3) is 13.1. The van der Waals surface area contributed by atoms with Gasteiger partial charge in [-0.25, -0.2) is 0 Å². The monoisotopic (exact) mass is 604 g/mol. The second-order valence-electron chi connectivity index (χ2n) is 6.97. The summed E-state index contributed by atoms with van der Waals surface area (Å²) < 4.78 is 30.9. The molecule has 2 aromatic carbocycles. The van der Waals surface area contributed by atoms with Gasteiger partial charge >= 0.3 is 29.6 Å². The van der Waals surface area contributed by atoms with Crippen LogP contribution in [0.1, 0.15) is 25.4 Å². The Balaban J connectivity index is 0.000000496. The fourth-order valence-electron chi connectivity index (χ4n) is 2.82. The molecule has 11 heteroatoms. The normalized spacial score (nSPS) is 13.8. The summed E-state index contributed by atoms with van der Waals surface area (Å²) in [5.41, 5.74) is 1.91. The predicted octanol–water partition coefficient (Wildman–Crippen LogP) is 2.61. The maximum Gasteiger partial charge on any atom is 1.00 e. The van der Waals surface area contributed by atoms with Gasteiger partial charge in [0.1, 0.15) is 0 Å². The van der Waals surface area contributed by atoms with E-state index < -0.39 is 0 Å². The molecule has 0 atom stereocenters. The molecule has 0 aromatic heterocycles. The van der Waals surface area contributed by atoms with E-state index in [1.807, 2.05) is 24.3 Å². The molecule has 0 bridgehead atoms. The Morgan fingerprint density at radius 3 is 1.80 bits per heavy atom. The standard InChI is InChI=1S/C10H11ClO3.C8H8O3.C4H8O.C2H4BrCl.Na.H/c11-3-4-12-6-8-1-2-9-10(5-8)14-7-13-9;9-4-6-1-2-7-8(3-6)11-5-10-7;1-2-4-5-3-1;3-1-2-4;;/h1-2,5H,3-4,6-7H2;1-3,9H,4-5H2;1-4H2;1-2H2;;/q;;;;+1;-1. The van der Waals surface area contributed by atoms with Gasteiger partial charge in [-0.2, -0.15) is 0 Å². The van der Waals surface area contributed by atoms with E-state index in [1.165, 1.54) is 12.8 Å². The fraction of sp³-hybridized carbons (Fsp3) is 0.500. The summed E-state index contributed by atoms with van der Waals surface area (Å²) in [4.78, 5) is 0. The van der Waals surface area contributed by atoms with Crippen molar-refractivity contribution in [3.05, 3.63) is 47.5 Å². The van der Waals surface area contributed by atoms with E-state index in [0.29, 0.717) is 31.8 Å². The van der Waals surface area contributed by atoms with Gasteiger partial charge in [-0.1, -0.05) is 28.1 Å². The SMILES string of the molecule is C1CCOC1.ClCCBr.ClCCOCc1ccc2c(c1)OCO2.OCc1ccc2c(c1)OCO2.[H-].[Na+]. The summed E-state index contributed by atoms with van der Waals surface area (Å²) in [7, 11) is 0. The van der Waals surface area contributed by atoms with Crippen LogP contribution in [0.4, 0.5) is 0 Å². The minimum Gasteiger partial charge on any atom is -1.00 e. The minimum absolute atomic E-state index is 0. The summed E-state index contributed by atoms with van der Waals surface area (Å²) in [5.74, 6) is 4.28. The van der Waals surface area contributed by atoms with E-state index >= 15 is 0 Å². The Hall–Kier alpha value is -0.420. The number of aliphatic hydroxyl groups excluding tert-OH is 1. The van der Waals surface area contributed by atoms with Gasteiger partial charge in [0, 0.05) is 30.3 Å². The predicted molar refractivity (Wildman–Crippen MR) is 137 cm³/mol. The van der Waals surface area contributed by atoms with E-state index in [9.17, 15) is 0 Å². The van der Waals surface area contributed by atoms with Crippen molar-refractivity contribution < 1.29 is 64.5 Å². The molecule has 0 unspecified atom stereocenters. The largest absolute Gasteiger partial charge is 1.00 e. The molecule has 0 spiro atoms. The minimum atomic E-state index is 0. The van der Waals surface area contributed by atoms with Crippen molar-refractivity contribution >= 4 is 39.1 Å². The summed E-state index contributed by atoms with van der Waals surface area (Å²) >= 11 is 13.7. The number of benzene rings is 2. The summed E-state index contributed by atoms with van der Waals surface area (Å²) in [6, 6.07) is 11.2. The first-order chi connectivity index (χ1) is 16.7. The van der Waals surface area contributed by atoms with Crippen LogP contribution in [0.25, 0.3) is 0 Å². The van der Waals surface area contributed by atoms with Gasteiger partial charge < -0.3 is 35.0 Å². The molecule has 2 aromatic rings. The van der Waals surface area contributed by atoms with Crippen molar-refractivity contribution in [2.45, 2.75) is 26.1 Å².